The molecule has 1 fully saturated rings. The minimum absolute atomic E-state index is 0.0704. The molecule has 0 bridgehead atoms. The molecule has 3 aromatic carbocycles. The number of amides is 2. The fraction of sp³-hybridized carbons (Fsp3) is 0.160. The van der Waals surface area contributed by atoms with Crippen LogP contribution in [0.4, 0.5) is 20.2 Å². The Labute approximate surface area is 225 Å². The highest BCUT2D eigenvalue weighted by Crippen LogP contribution is 2.65. The molecule has 36 heavy (non-hydrogen) atoms. The number of carbonyl (C=O) groups excluding carboxylic acids is 2. The number of nitriles is 1. The Morgan fingerprint density at radius 1 is 1.00 bits per heavy atom. The van der Waals surface area contributed by atoms with Gasteiger partial charge in [-0.1, -0.05) is 23.2 Å². The zero-order valence-corrected chi connectivity index (χ0v) is 21.4. The Balaban J connectivity index is 1.55. The van der Waals surface area contributed by atoms with E-state index in [-0.39, 0.29) is 16.9 Å². The average molecular weight is 569 g/mol. The van der Waals surface area contributed by atoms with Gasteiger partial charge in [0.15, 0.2) is 0 Å². The second-order valence-electron chi connectivity index (χ2n) is 8.16. The van der Waals surface area contributed by atoms with Gasteiger partial charge in [-0.2, -0.15) is 5.26 Å². The second-order valence-corrected chi connectivity index (χ2v) is 10.5. The molecule has 1 aliphatic carbocycles. The van der Waals surface area contributed by atoms with Gasteiger partial charge in [-0.15, -0.1) is 23.2 Å². The van der Waals surface area contributed by atoms with Gasteiger partial charge in [0.05, 0.1) is 28.8 Å². The summed E-state index contributed by atoms with van der Waals surface area (Å²) in [5.74, 6) is -4.58. The maximum atomic E-state index is 14.5. The molecule has 0 heterocycles. The normalized spacial score (nSPS) is 17.7. The number of nitrogens with one attached hydrogen (secondary N) is 1. The zero-order chi connectivity index (χ0) is 26.4. The lowest BCUT2D eigenvalue weighted by atomic mass is 10.1. The van der Waals surface area contributed by atoms with Crippen LogP contribution < -0.4 is 10.2 Å². The third kappa shape index (κ3) is 5.00. The molecule has 2 atom stereocenters. The van der Waals surface area contributed by atoms with Crippen LogP contribution in [-0.2, 0) is 4.79 Å². The number of carbonyl (C=O) groups is 2. The molecule has 1 aliphatic rings. The molecule has 184 valence electrons. The maximum absolute atomic E-state index is 14.5. The number of alkyl halides is 2. The molecule has 4 rings (SSSR count). The Morgan fingerprint density at radius 2 is 1.67 bits per heavy atom. The third-order valence-corrected chi connectivity index (χ3v) is 7.16. The van der Waals surface area contributed by atoms with Crippen LogP contribution >= 0.6 is 46.4 Å². The van der Waals surface area contributed by atoms with Crippen LogP contribution in [-0.4, -0.2) is 23.2 Å². The highest BCUT2D eigenvalue weighted by molar-refractivity contribution is 6.53. The molecule has 0 spiro atoms. The van der Waals surface area contributed by atoms with Crippen LogP contribution in [0.3, 0.4) is 0 Å². The molecule has 0 radical (unpaired) electrons. The molecule has 0 aromatic heterocycles. The molecule has 5 nitrogen and oxygen atoms in total. The van der Waals surface area contributed by atoms with E-state index in [1.165, 1.54) is 31.3 Å². The van der Waals surface area contributed by atoms with Crippen LogP contribution in [0.2, 0.25) is 10.0 Å². The van der Waals surface area contributed by atoms with Crippen molar-refractivity contribution in [2.75, 3.05) is 17.3 Å². The molecule has 11 heteroatoms. The number of hydrogen-bond acceptors (Lipinski definition) is 3. The van der Waals surface area contributed by atoms with E-state index in [9.17, 15) is 18.4 Å². The predicted molar refractivity (Wildman–Crippen MR) is 136 cm³/mol. The van der Waals surface area contributed by atoms with E-state index < -0.39 is 45.2 Å². The summed E-state index contributed by atoms with van der Waals surface area (Å²) in [6, 6.07) is 13.5. The molecule has 0 saturated heterocycles. The monoisotopic (exact) mass is 567 g/mol. The van der Waals surface area contributed by atoms with Crippen molar-refractivity contribution in [3.8, 4) is 6.07 Å². The minimum Gasteiger partial charge on any atom is -0.326 e. The highest BCUT2D eigenvalue weighted by atomic mass is 35.5. The largest absolute Gasteiger partial charge is 0.326 e. The zero-order valence-electron chi connectivity index (χ0n) is 18.3. The highest BCUT2D eigenvalue weighted by Gasteiger charge is 2.67. The average Bonchev–Trinajstić information content (AvgIpc) is 3.40. The maximum Gasteiger partial charge on any atom is 0.261 e. The summed E-state index contributed by atoms with van der Waals surface area (Å²) in [5, 5.41) is 12.2. The Morgan fingerprint density at radius 3 is 2.28 bits per heavy atom. The molecular weight excluding hydrogens is 554 g/mol. The smallest absolute Gasteiger partial charge is 0.261 e. The quantitative estimate of drug-likeness (QED) is 0.339. The number of anilines is 2. The van der Waals surface area contributed by atoms with Crippen molar-refractivity contribution in [1.82, 2.24) is 0 Å². The second kappa shape index (κ2) is 9.87. The van der Waals surface area contributed by atoms with Gasteiger partial charge in [-0.25, -0.2) is 8.78 Å². The van der Waals surface area contributed by atoms with Crippen LogP contribution in [0, 0.1) is 28.9 Å². The van der Waals surface area contributed by atoms with Crippen molar-refractivity contribution in [3.63, 3.8) is 0 Å². The fourth-order valence-electron chi connectivity index (χ4n) is 3.95. The van der Waals surface area contributed by atoms with Gasteiger partial charge in [-0.3, -0.25) is 9.59 Å². The van der Waals surface area contributed by atoms with Crippen LogP contribution in [0.5, 0.6) is 0 Å². The number of nitrogens with zero attached hydrogens (tertiary/aromatic N) is 2. The first kappa shape index (κ1) is 26.2. The fourth-order valence-corrected chi connectivity index (χ4v) is 5.32. The van der Waals surface area contributed by atoms with Gasteiger partial charge in [0.1, 0.15) is 16.0 Å². The molecule has 2 unspecified atom stereocenters. The van der Waals surface area contributed by atoms with Gasteiger partial charge < -0.3 is 10.2 Å². The minimum atomic E-state index is -1.43. The number of benzene rings is 3. The number of hydrogen-bond donors (Lipinski definition) is 1. The van der Waals surface area contributed by atoms with E-state index in [0.717, 1.165) is 23.1 Å². The summed E-state index contributed by atoms with van der Waals surface area (Å²) in [4.78, 5) is 26.8. The number of rotatable bonds is 5. The van der Waals surface area contributed by atoms with E-state index >= 15 is 0 Å². The first-order valence-electron chi connectivity index (χ1n) is 10.4. The molecule has 1 saturated carbocycles. The Kier molecular flexibility index (Phi) is 7.18. The summed E-state index contributed by atoms with van der Waals surface area (Å²) in [6.07, 6.45) is 0. The van der Waals surface area contributed by atoms with Crippen LogP contribution in [0.1, 0.15) is 27.4 Å². The van der Waals surface area contributed by atoms with Gasteiger partial charge in [0.2, 0.25) is 5.91 Å². The van der Waals surface area contributed by atoms with Gasteiger partial charge in [0, 0.05) is 28.7 Å². The molecule has 3 aromatic rings. The van der Waals surface area contributed by atoms with Crippen molar-refractivity contribution in [2.24, 2.45) is 5.92 Å². The van der Waals surface area contributed by atoms with E-state index in [1.807, 2.05) is 0 Å². The van der Waals surface area contributed by atoms with Crippen molar-refractivity contribution in [1.29, 1.82) is 5.26 Å². The van der Waals surface area contributed by atoms with Crippen molar-refractivity contribution in [2.45, 2.75) is 10.3 Å². The lowest BCUT2D eigenvalue weighted by molar-refractivity contribution is -0.117. The summed E-state index contributed by atoms with van der Waals surface area (Å²) < 4.78 is 27.5. The lowest BCUT2D eigenvalue weighted by Gasteiger charge is -2.19. The van der Waals surface area contributed by atoms with E-state index in [4.69, 9.17) is 51.7 Å². The molecule has 0 aliphatic heterocycles. The van der Waals surface area contributed by atoms with Crippen molar-refractivity contribution < 1.29 is 18.4 Å². The lowest BCUT2D eigenvalue weighted by Crippen LogP contribution is -2.28. The van der Waals surface area contributed by atoms with Gasteiger partial charge >= 0.3 is 0 Å². The van der Waals surface area contributed by atoms with E-state index in [2.05, 4.69) is 5.32 Å². The summed E-state index contributed by atoms with van der Waals surface area (Å²) >= 11 is 24.8. The third-order valence-electron chi connectivity index (χ3n) is 5.79. The Bertz CT molecular complexity index is 1420. The van der Waals surface area contributed by atoms with Crippen molar-refractivity contribution in [3.05, 3.63) is 93.0 Å². The van der Waals surface area contributed by atoms with Crippen LogP contribution in [0.15, 0.2) is 54.6 Å². The molecule has 2 amide bonds. The van der Waals surface area contributed by atoms with E-state index in [0.29, 0.717) is 15.6 Å². The topological polar surface area (TPSA) is 73.2 Å². The first-order valence-corrected chi connectivity index (χ1v) is 11.9. The molecular formula is C25H15Cl4F2N3O2. The molecule has 1 N–H and O–H groups in total. The first-order chi connectivity index (χ1) is 16.9. The number of halogens is 6. The summed E-state index contributed by atoms with van der Waals surface area (Å²) in [5.41, 5.74) is 0.205. The predicted octanol–water partition coefficient (Wildman–Crippen LogP) is 6.95. The Hall–Kier alpha value is -2.89. The van der Waals surface area contributed by atoms with Crippen molar-refractivity contribution >= 4 is 69.6 Å². The summed E-state index contributed by atoms with van der Waals surface area (Å²) in [6.45, 7) is 0. The van der Waals surface area contributed by atoms with Gasteiger partial charge in [0.25, 0.3) is 5.91 Å². The summed E-state index contributed by atoms with van der Waals surface area (Å²) in [7, 11) is 1.26. The SMILES string of the molecule is CN(C(=O)c1cc(NC(=O)C2C(c3cc(Cl)cc(Cl)c3)C2(Cl)Cl)ccc1F)c1ccc(C#N)cc1F. The van der Waals surface area contributed by atoms with E-state index in [1.54, 1.807) is 18.2 Å². The van der Waals surface area contributed by atoms with Gasteiger partial charge in [-0.05, 0) is 60.2 Å². The standard InChI is InChI=1S/C25H15Cl4F2N3O2/c1-34(20-5-2-12(11-32)6-19(20)31)24(36)17-10-16(3-4-18(17)30)33-23(35)22-21(25(22,28)29)13-7-14(26)9-15(27)8-13/h2-10,21-22H,1H3,(H,33,35). The van der Waals surface area contributed by atoms with Crippen LogP contribution in [0.25, 0.3) is 0 Å².